The number of amides is 1. The maximum atomic E-state index is 12.8. The molecule has 2 aliphatic rings. The maximum absolute atomic E-state index is 12.8. The van der Waals surface area contributed by atoms with E-state index >= 15 is 0 Å². The Morgan fingerprint density at radius 2 is 2.12 bits per heavy atom. The number of carbonyl (C=O) groups is 1. The number of imidazole rings is 1. The maximum Gasteiger partial charge on any atom is 0.410 e. The zero-order chi connectivity index (χ0) is 23.8. The first-order chi connectivity index (χ1) is 16.4. The van der Waals surface area contributed by atoms with Crippen LogP contribution in [0, 0.1) is 16.7 Å². The summed E-state index contributed by atoms with van der Waals surface area (Å²) in [5, 5.41) is 9.29. The molecule has 1 spiro atoms. The van der Waals surface area contributed by atoms with Crippen LogP contribution < -0.4 is 4.74 Å². The Labute approximate surface area is 199 Å². The Balaban J connectivity index is 1.32. The second-order valence-corrected chi connectivity index (χ2v) is 9.85. The number of pyridine rings is 1. The molecule has 5 rings (SSSR count). The third kappa shape index (κ3) is 4.30. The first-order valence-electron chi connectivity index (χ1n) is 11.8. The fourth-order valence-electron chi connectivity index (χ4n) is 5.62. The summed E-state index contributed by atoms with van der Waals surface area (Å²) < 4.78 is 13.8. The van der Waals surface area contributed by atoms with E-state index in [4.69, 9.17) is 9.47 Å². The van der Waals surface area contributed by atoms with Gasteiger partial charge in [0.15, 0.2) is 0 Å². The molecular weight excluding hydrogens is 430 g/mol. The fraction of sp³-hybridized carbons (Fsp3) is 0.462. The van der Waals surface area contributed by atoms with Crippen molar-refractivity contribution in [1.82, 2.24) is 19.4 Å². The average Bonchev–Trinajstić information content (AvgIpc) is 3.33. The molecule has 1 aliphatic carbocycles. The molecule has 176 valence electrons. The third-order valence-corrected chi connectivity index (χ3v) is 6.96. The lowest BCUT2D eigenvalue weighted by Gasteiger charge is -2.43. The second kappa shape index (κ2) is 8.64. The molecule has 8 nitrogen and oxygen atoms in total. The van der Waals surface area contributed by atoms with Crippen molar-refractivity contribution >= 4 is 17.1 Å². The van der Waals surface area contributed by atoms with Gasteiger partial charge in [0.05, 0.1) is 54.4 Å². The van der Waals surface area contributed by atoms with E-state index < -0.39 is 5.60 Å². The van der Waals surface area contributed by atoms with E-state index in [0.717, 1.165) is 54.7 Å². The molecule has 1 saturated heterocycles. The normalized spacial score (nSPS) is 24.4. The molecule has 0 bridgehead atoms. The molecule has 2 fully saturated rings. The quantitative estimate of drug-likeness (QED) is 0.532. The number of rotatable bonds is 6. The van der Waals surface area contributed by atoms with Crippen LogP contribution in [0.15, 0.2) is 42.9 Å². The summed E-state index contributed by atoms with van der Waals surface area (Å²) in [6.45, 7) is 6.51. The van der Waals surface area contributed by atoms with Crippen molar-refractivity contribution in [3.05, 3.63) is 54.1 Å². The highest BCUT2D eigenvalue weighted by molar-refractivity contribution is 5.77. The molecule has 2 atom stereocenters. The largest absolute Gasteiger partial charge is 0.494 e. The van der Waals surface area contributed by atoms with Crippen LogP contribution in [0.1, 0.15) is 50.8 Å². The van der Waals surface area contributed by atoms with Crippen molar-refractivity contribution in [3.63, 3.8) is 0 Å². The lowest BCUT2D eigenvalue weighted by molar-refractivity contribution is -0.0270. The van der Waals surface area contributed by atoms with E-state index in [2.05, 4.69) is 27.5 Å². The summed E-state index contributed by atoms with van der Waals surface area (Å²) in [5.41, 5.74) is 2.71. The van der Waals surface area contributed by atoms with E-state index in [9.17, 15) is 10.1 Å². The Morgan fingerprint density at radius 3 is 2.94 bits per heavy atom. The highest BCUT2D eigenvalue weighted by atomic mass is 16.6. The second-order valence-electron chi connectivity index (χ2n) is 9.85. The summed E-state index contributed by atoms with van der Waals surface area (Å²) in [6, 6.07) is 11.5. The van der Waals surface area contributed by atoms with Crippen LogP contribution in [0.25, 0.3) is 11.0 Å². The van der Waals surface area contributed by atoms with E-state index in [1.165, 1.54) is 0 Å². The molecule has 0 unspecified atom stereocenters. The van der Waals surface area contributed by atoms with Crippen LogP contribution in [0.4, 0.5) is 4.79 Å². The van der Waals surface area contributed by atoms with Crippen molar-refractivity contribution in [3.8, 4) is 11.8 Å². The van der Waals surface area contributed by atoms with E-state index in [1.54, 1.807) is 17.2 Å². The fourth-order valence-corrected chi connectivity index (χ4v) is 5.62. The highest BCUT2D eigenvalue weighted by Crippen LogP contribution is 2.47. The van der Waals surface area contributed by atoms with Crippen LogP contribution in [-0.2, 0) is 17.8 Å². The van der Waals surface area contributed by atoms with Crippen molar-refractivity contribution in [2.24, 2.45) is 5.41 Å². The summed E-state index contributed by atoms with van der Waals surface area (Å²) in [4.78, 5) is 23.5. The number of benzene rings is 1. The zero-order valence-electron chi connectivity index (χ0n) is 19.7. The molecule has 3 aromatic rings. The summed E-state index contributed by atoms with van der Waals surface area (Å²) in [7, 11) is 0. The molecule has 0 N–H and O–H groups in total. The SMILES string of the molecule is CCOc1ccnc(CN2C[C@@]3(CCC[C@](C)(Cn4cnc5ccc(C#N)cc54)C3)OC2=O)c1. The zero-order valence-corrected chi connectivity index (χ0v) is 19.7. The highest BCUT2D eigenvalue weighted by Gasteiger charge is 2.51. The van der Waals surface area contributed by atoms with Gasteiger partial charge in [-0.2, -0.15) is 5.26 Å². The number of hydrogen-bond donors (Lipinski definition) is 0. The molecule has 34 heavy (non-hydrogen) atoms. The van der Waals surface area contributed by atoms with Gasteiger partial charge >= 0.3 is 6.09 Å². The first kappa shape index (κ1) is 22.2. The van der Waals surface area contributed by atoms with E-state index in [1.807, 2.05) is 37.5 Å². The number of nitriles is 1. The van der Waals surface area contributed by atoms with Crippen molar-refractivity contribution in [2.45, 2.75) is 58.2 Å². The number of hydrogen-bond acceptors (Lipinski definition) is 6. The number of carbonyl (C=O) groups excluding carboxylic acids is 1. The van der Waals surface area contributed by atoms with Crippen molar-refractivity contribution < 1.29 is 14.3 Å². The van der Waals surface area contributed by atoms with Crippen LogP contribution in [-0.4, -0.2) is 44.3 Å². The Hall–Kier alpha value is -3.60. The van der Waals surface area contributed by atoms with Gasteiger partial charge in [-0.05, 0) is 62.3 Å². The predicted octanol–water partition coefficient (Wildman–Crippen LogP) is 4.67. The molecular formula is C26H29N5O3. The molecule has 1 aliphatic heterocycles. The predicted molar refractivity (Wildman–Crippen MR) is 126 cm³/mol. The topological polar surface area (TPSA) is 93.3 Å². The molecule has 3 heterocycles. The molecule has 1 aromatic carbocycles. The van der Waals surface area contributed by atoms with Gasteiger partial charge in [0.1, 0.15) is 11.4 Å². The van der Waals surface area contributed by atoms with Gasteiger partial charge in [-0.15, -0.1) is 0 Å². The standard InChI is InChI=1S/C26H29N5O3/c1-3-33-21-7-10-28-20(12-21)14-30-17-26(34-24(30)32)9-4-8-25(2,15-26)16-31-18-29-22-6-5-19(13-27)11-23(22)31/h5-7,10-12,18H,3-4,8-9,14-17H2,1-2H3/t25-,26-/m0/s1. The number of nitrogens with zero attached hydrogens (tertiary/aromatic N) is 5. The van der Waals surface area contributed by atoms with Gasteiger partial charge in [-0.3, -0.25) is 9.88 Å². The minimum atomic E-state index is -0.490. The molecule has 1 amide bonds. The van der Waals surface area contributed by atoms with Gasteiger partial charge < -0.3 is 14.0 Å². The van der Waals surface area contributed by atoms with E-state index in [0.29, 0.717) is 25.3 Å². The number of aromatic nitrogens is 3. The minimum absolute atomic E-state index is 0.0576. The smallest absolute Gasteiger partial charge is 0.410 e. The lowest BCUT2D eigenvalue weighted by Crippen LogP contribution is -2.44. The van der Waals surface area contributed by atoms with Crippen LogP contribution in [0.2, 0.25) is 0 Å². The molecule has 1 saturated carbocycles. The monoisotopic (exact) mass is 459 g/mol. The average molecular weight is 460 g/mol. The van der Waals surface area contributed by atoms with E-state index in [-0.39, 0.29) is 11.5 Å². The van der Waals surface area contributed by atoms with Crippen LogP contribution in [0.5, 0.6) is 5.75 Å². The van der Waals surface area contributed by atoms with Crippen molar-refractivity contribution in [2.75, 3.05) is 13.2 Å². The Bertz CT molecular complexity index is 1260. The third-order valence-electron chi connectivity index (χ3n) is 6.96. The Kier molecular flexibility index (Phi) is 5.64. The van der Waals surface area contributed by atoms with Gasteiger partial charge in [0.2, 0.25) is 0 Å². The number of ether oxygens (including phenoxy) is 2. The summed E-state index contributed by atoms with van der Waals surface area (Å²) in [5.74, 6) is 0.757. The summed E-state index contributed by atoms with van der Waals surface area (Å²) in [6.07, 6.45) is 6.96. The Morgan fingerprint density at radius 1 is 1.24 bits per heavy atom. The number of fused-ring (bicyclic) bond motifs is 1. The van der Waals surface area contributed by atoms with Crippen LogP contribution >= 0.6 is 0 Å². The van der Waals surface area contributed by atoms with Gasteiger partial charge in [-0.1, -0.05) is 6.92 Å². The van der Waals surface area contributed by atoms with Gasteiger partial charge in [0, 0.05) is 18.8 Å². The molecule has 2 aromatic heterocycles. The van der Waals surface area contributed by atoms with Gasteiger partial charge in [-0.25, -0.2) is 9.78 Å². The first-order valence-corrected chi connectivity index (χ1v) is 11.8. The lowest BCUT2D eigenvalue weighted by atomic mass is 9.68. The van der Waals surface area contributed by atoms with Crippen LogP contribution in [0.3, 0.4) is 0 Å². The molecule has 0 radical (unpaired) electrons. The molecule has 8 heteroatoms. The summed E-state index contributed by atoms with van der Waals surface area (Å²) >= 11 is 0. The van der Waals surface area contributed by atoms with Gasteiger partial charge in [0.25, 0.3) is 0 Å². The minimum Gasteiger partial charge on any atom is -0.494 e. The van der Waals surface area contributed by atoms with Crippen molar-refractivity contribution in [1.29, 1.82) is 5.26 Å².